The summed E-state index contributed by atoms with van der Waals surface area (Å²) >= 11 is 0. The largest absolute Gasteiger partial charge is 0.473 e. The van der Waals surface area contributed by atoms with Gasteiger partial charge in [0.05, 0.1) is 29.5 Å². The van der Waals surface area contributed by atoms with E-state index >= 15 is 0 Å². The fourth-order valence-corrected chi connectivity index (χ4v) is 2.14. The van der Waals surface area contributed by atoms with Gasteiger partial charge in [0.1, 0.15) is 12.7 Å². The zero-order valence-corrected chi connectivity index (χ0v) is 16.0. The summed E-state index contributed by atoms with van der Waals surface area (Å²) in [5, 5.41) is 37.7. The van der Waals surface area contributed by atoms with Crippen LogP contribution >= 0.6 is 0 Å². The molecule has 0 spiro atoms. The van der Waals surface area contributed by atoms with Crippen molar-refractivity contribution in [2.45, 2.75) is 45.1 Å². The molecule has 2 aromatic rings. The Morgan fingerprint density at radius 1 is 1.00 bits per heavy atom. The van der Waals surface area contributed by atoms with Crippen LogP contribution < -0.4 is 0 Å². The summed E-state index contributed by atoms with van der Waals surface area (Å²) in [6.45, 7) is 8.08. The highest BCUT2D eigenvalue weighted by molar-refractivity contribution is 6.27. The van der Waals surface area contributed by atoms with Crippen molar-refractivity contribution in [1.29, 1.82) is 10.5 Å². The fourth-order valence-electron chi connectivity index (χ4n) is 2.14. The molecule has 0 radical (unpaired) electrons. The molecule has 1 heterocycles. The topological polar surface area (TPSA) is 153 Å². The van der Waals surface area contributed by atoms with Crippen molar-refractivity contribution in [3.63, 3.8) is 0 Å². The third-order valence-corrected chi connectivity index (χ3v) is 3.99. The molecular weight excluding hydrogens is 362 g/mol. The van der Waals surface area contributed by atoms with Gasteiger partial charge in [-0.1, -0.05) is 18.2 Å². The van der Waals surface area contributed by atoms with E-state index in [2.05, 4.69) is 22.2 Å². The molecule has 2 rings (SSSR count). The number of carboxylic acids is 2. The monoisotopic (exact) mass is 383 g/mol. The first-order valence-electron chi connectivity index (χ1n) is 8.19. The minimum absolute atomic E-state index is 0.559. The van der Waals surface area contributed by atoms with E-state index in [4.69, 9.17) is 19.8 Å². The van der Waals surface area contributed by atoms with Crippen LogP contribution in [0.5, 0.6) is 0 Å². The second-order valence-corrected chi connectivity index (χ2v) is 7.10. The van der Waals surface area contributed by atoms with Gasteiger partial charge in [0, 0.05) is 0 Å². The lowest BCUT2D eigenvalue weighted by molar-refractivity contribution is -0.159. The molecule has 2 N–H and O–H groups in total. The van der Waals surface area contributed by atoms with Crippen LogP contribution in [0.1, 0.15) is 44.4 Å². The molecule has 9 heteroatoms. The van der Waals surface area contributed by atoms with Gasteiger partial charge in [0.15, 0.2) is 0 Å². The number of aromatic nitrogens is 3. The van der Waals surface area contributed by atoms with Crippen molar-refractivity contribution in [3.05, 3.63) is 47.5 Å². The van der Waals surface area contributed by atoms with Crippen LogP contribution in [-0.4, -0.2) is 36.9 Å². The van der Waals surface area contributed by atoms with Crippen LogP contribution in [0.4, 0.5) is 0 Å². The number of nitriles is 2. The first-order chi connectivity index (χ1) is 12.9. The Bertz CT molecular complexity index is 878. The highest BCUT2D eigenvalue weighted by Gasteiger charge is 2.26. The van der Waals surface area contributed by atoms with Gasteiger partial charge in [-0.25, -0.2) is 19.3 Å². The number of hydrogen-bond acceptors (Lipinski definition) is 6. The number of nitrogens with zero attached hydrogens (tertiary/aromatic N) is 5. The number of hydrogen-bond donors (Lipinski definition) is 2. The molecular formula is C19H21N5O4. The Morgan fingerprint density at radius 3 is 1.79 bits per heavy atom. The molecule has 0 aliphatic heterocycles. The Labute approximate surface area is 162 Å². The quantitative estimate of drug-likeness (QED) is 0.761. The van der Waals surface area contributed by atoms with Gasteiger partial charge in [-0.05, 0) is 44.4 Å². The smallest absolute Gasteiger partial charge is 0.414 e. The lowest BCUT2D eigenvalue weighted by atomic mass is 9.79. The molecule has 0 atom stereocenters. The summed E-state index contributed by atoms with van der Waals surface area (Å²) in [6, 6.07) is 10.6. The van der Waals surface area contributed by atoms with E-state index in [0.29, 0.717) is 6.54 Å². The molecule has 0 saturated carbocycles. The number of benzene rings is 1. The molecule has 0 unspecified atom stereocenters. The molecule has 0 bridgehead atoms. The van der Waals surface area contributed by atoms with Crippen molar-refractivity contribution in [2.75, 3.05) is 0 Å². The van der Waals surface area contributed by atoms with Crippen molar-refractivity contribution in [1.82, 2.24) is 14.8 Å². The summed E-state index contributed by atoms with van der Waals surface area (Å²) in [6.07, 6.45) is 3.14. The van der Waals surface area contributed by atoms with Crippen LogP contribution in [0.3, 0.4) is 0 Å². The van der Waals surface area contributed by atoms with Crippen LogP contribution in [0, 0.1) is 22.7 Å². The minimum Gasteiger partial charge on any atom is -0.473 e. The first kappa shape index (κ1) is 22.3. The number of carbonyl (C=O) groups is 2. The summed E-state index contributed by atoms with van der Waals surface area (Å²) in [5.41, 5.74) is 1.60. The van der Waals surface area contributed by atoms with Gasteiger partial charge >= 0.3 is 11.9 Å². The average molecular weight is 383 g/mol. The van der Waals surface area contributed by atoms with Crippen LogP contribution in [0.15, 0.2) is 30.9 Å². The van der Waals surface area contributed by atoms with E-state index in [0.717, 1.165) is 16.7 Å². The Hall–Kier alpha value is -3.72. The lowest BCUT2D eigenvalue weighted by Crippen LogP contribution is -2.20. The Kier molecular flexibility index (Phi) is 7.00. The molecule has 28 heavy (non-hydrogen) atoms. The van der Waals surface area contributed by atoms with E-state index in [9.17, 15) is 10.5 Å². The van der Waals surface area contributed by atoms with Gasteiger partial charge < -0.3 is 10.2 Å². The molecule has 0 aliphatic carbocycles. The van der Waals surface area contributed by atoms with E-state index < -0.39 is 22.8 Å². The standard InChI is InChI=1S/C17H19N5.C2H2O4/c1-16(2,9-18)14-5-13(8-22-12-20-11-21-22)6-15(7-14)17(3,4)10-19;3-1(4)2(5)6/h5-7,11-12H,8H2,1-4H3;(H,3,4)(H,5,6). The van der Waals surface area contributed by atoms with Crippen LogP contribution in [0.2, 0.25) is 0 Å². The maximum Gasteiger partial charge on any atom is 0.414 e. The molecule has 9 nitrogen and oxygen atoms in total. The van der Waals surface area contributed by atoms with Gasteiger partial charge in [0.2, 0.25) is 0 Å². The maximum atomic E-state index is 9.40. The normalized spacial score (nSPS) is 10.8. The van der Waals surface area contributed by atoms with E-state index in [1.807, 2.05) is 45.9 Å². The number of carboxylic acid groups (broad SMARTS) is 2. The van der Waals surface area contributed by atoms with E-state index in [-0.39, 0.29) is 0 Å². The number of aliphatic carboxylic acids is 2. The highest BCUT2D eigenvalue weighted by atomic mass is 16.4. The van der Waals surface area contributed by atoms with Crippen molar-refractivity contribution < 1.29 is 19.8 Å². The predicted octanol–water partition coefficient (Wildman–Crippen LogP) is 2.08. The van der Waals surface area contributed by atoms with Crippen molar-refractivity contribution in [3.8, 4) is 12.1 Å². The number of rotatable bonds is 4. The third kappa shape index (κ3) is 5.92. The predicted molar refractivity (Wildman–Crippen MR) is 98.1 cm³/mol. The SMILES string of the molecule is CC(C)(C#N)c1cc(Cn2cncn2)cc(C(C)(C)C#N)c1.O=C(O)C(=O)O. The maximum absolute atomic E-state index is 9.40. The van der Waals surface area contributed by atoms with Gasteiger partial charge in [-0.3, -0.25) is 0 Å². The minimum atomic E-state index is -1.82. The van der Waals surface area contributed by atoms with E-state index in [1.165, 1.54) is 6.33 Å². The Balaban J connectivity index is 0.000000568. The summed E-state index contributed by atoms with van der Waals surface area (Å²) < 4.78 is 1.72. The van der Waals surface area contributed by atoms with Crippen LogP contribution in [0.25, 0.3) is 0 Å². The summed E-state index contributed by atoms with van der Waals surface area (Å²) in [5.74, 6) is -3.65. The van der Waals surface area contributed by atoms with Gasteiger partial charge in [-0.2, -0.15) is 15.6 Å². The summed E-state index contributed by atoms with van der Waals surface area (Å²) in [7, 11) is 0. The fraction of sp³-hybridized carbons (Fsp3) is 0.368. The molecule has 146 valence electrons. The van der Waals surface area contributed by atoms with Crippen molar-refractivity contribution in [2.24, 2.45) is 0 Å². The molecule has 0 amide bonds. The van der Waals surface area contributed by atoms with Crippen LogP contribution in [-0.2, 0) is 27.0 Å². The molecule has 0 saturated heterocycles. The van der Waals surface area contributed by atoms with Gasteiger partial charge in [-0.15, -0.1) is 0 Å². The second kappa shape index (κ2) is 8.78. The van der Waals surface area contributed by atoms with Crippen molar-refractivity contribution >= 4 is 11.9 Å². The molecule has 1 aromatic heterocycles. The zero-order chi connectivity index (χ0) is 21.5. The Morgan fingerprint density at radius 2 is 1.46 bits per heavy atom. The molecule has 0 aliphatic rings. The average Bonchev–Trinajstić information content (AvgIpc) is 3.14. The van der Waals surface area contributed by atoms with Gasteiger partial charge in [0.25, 0.3) is 0 Å². The summed E-state index contributed by atoms with van der Waals surface area (Å²) in [4.78, 5) is 22.1. The highest BCUT2D eigenvalue weighted by Crippen LogP contribution is 2.30. The molecule has 1 aromatic carbocycles. The first-order valence-corrected chi connectivity index (χ1v) is 8.19. The van der Waals surface area contributed by atoms with E-state index in [1.54, 1.807) is 11.0 Å². The molecule has 0 fully saturated rings. The third-order valence-electron chi connectivity index (χ3n) is 3.99. The zero-order valence-electron chi connectivity index (χ0n) is 16.0. The lowest BCUT2D eigenvalue weighted by Gasteiger charge is -2.23. The second-order valence-electron chi connectivity index (χ2n) is 7.10.